The van der Waals surface area contributed by atoms with Crippen molar-refractivity contribution in [3.05, 3.63) is 47.6 Å². The normalized spacial score (nSPS) is 16.7. The summed E-state index contributed by atoms with van der Waals surface area (Å²) in [5.41, 5.74) is 1.63. The molecule has 6 nitrogen and oxygen atoms in total. The van der Waals surface area contributed by atoms with Crippen LogP contribution in [0, 0.1) is 6.92 Å². The third-order valence-corrected chi connectivity index (χ3v) is 4.49. The van der Waals surface area contributed by atoms with Gasteiger partial charge in [-0.05, 0) is 25.3 Å². The number of hydrogen-bond donors (Lipinski definition) is 2. The van der Waals surface area contributed by atoms with Crippen LogP contribution < -0.4 is 10.6 Å². The molecule has 0 unspecified atom stereocenters. The Labute approximate surface area is 136 Å². The number of aromatic nitrogens is 2. The average molecular weight is 313 g/mol. The minimum Gasteiger partial charge on any atom is -0.356 e. The second-order valence-electron chi connectivity index (χ2n) is 6.01. The Bertz CT molecular complexity index is 661. The Balaban J connectivity index is 1.57. The van der Waals surface area contributed by atoms with Crippen molar-refractivity contribution in [1.29, 1.82) is 0 Å². The lowest BCUT2D eigenvalue weighted by Crippen LogP contribution is -2.48. The average Bonchev–Trinajstić information content (AvgIpc) is 2.96. The smallest absolute Gasteiger partial charge is 0.246 e. The summed E-state index contributed by atoms with van der Waals surface area (Å²) < 4.78 is 5.10. The molecule has 0 radical (unpaired) electrons. The first kappa shape index (κ1) is 15.5. The van der Waals surface area contributed by atoms with Crippen molar-refractivity contribution in [2.45, 2.75) is 38.1 Å². The number of guanidine groups is 1. The summed E-state index contributed by atoms with van der Waals surface area (Å²) in [6, 6.07) is 10.7. The van der Waals surface area contributed by atoms with E-state index in [4.69, 9.17) is 4.52 Å². The van der Waals surface area contributed by atoms with E-state index < -0.39 is 0 Å². The molecule has 1 aliphatic rings. The Morgan fingerprint density at radius 1 is 1.26 bits per heavy atom. The maximum Gasteiger partial charge on any atom is 0.246 e. The number of benzene rings is 1. The fourth-order valence-corrected chi connectivity index (χ4v) is 3.01. The Hall–Kier alpha value is -2.37. The van der Waals surface area contributed by atoms with Crippen molar-refractivity contribution >= 4 is 5.96 Å². The van der Waals surface area contributed by atoms with E-state index in [-0.39, 0.29) is 5.41 Å². The van der Waals surface area contributed by atoms with Crippen LogP contribution in [-0.4, -0.2) is 29.7 Å². The van der Waals surface area contributed by atoms with Crippen molar-refractivity contribution in [3.63, 3.8) is 0 Å². The fraction of sp³-hybridized carbons (Fsp3) is 0.471. The molecule has 2 aromatic rings. The first-order chi connectivity index (χ1) is 11.2. The maximum atomic E-state index is 5.10. The van der Waals surface area contributed by atoms with Crippen LogP contribution in [0.5, 0.6) is 0 Å². The number of aliphatic imine (C=N–C) groups is 1. The van der Waals surface area contributed by atoms with Gasteiger partial charge in [0.05, 0.1) is 6.54 Å². The molecule has 1 fully saturated rings. The zero-order valence-electron chi connectivity index (χ0n) is 13.7. The van der Waals surface area contributed by atoms with Gasteiger partial charge in [-0.2, -0.15) is 4.98 Å². The molecular weight excluding hydrogens is 290 g/mol. The lowest BCUT2D eigenvalue weighted by atomic mass is 9.64. The first-order valence-corrected chi connectivity index (χ1v) is 8.01. The van der Waals surface area contributed by atoms with Crippen LogP contribution in [-0.2, 0) is 12.0 Å². The highest BCUT2D eigenvalue weighted by Crippen LogP contribution is 2.43. The summed E-state index contributed by atoms with van der Waals surface area (Å²) >= 11 is 0. The predicted molar refractivity (Wildman–Crippen MR) is 89.2 cm³/mol. The van der Waals surface area contributed by atoms with Gasteiger partial charge in [-0.15, -0.1) is 0 Å². The van der Waals surface area contributed by atoms with Gasteiger partial charge in [-0.3, -0.25) is 4.99 Å². The van der Waals surface area contributed by atoms with Crippen LogP contribution >= 0.6 is 0 Å². The molecule has 2 N–H and O–H groups in total. The summed E-state index contributed by atoms with van der Waals surface area (Å²) in [5.74, 6) is 1.96. The summed E-state index contributed by atoms with van der Waals surface area (Å²) in [4.78, 5) is 8.45. The predicted octanol–water partition coefficient (Wildman–Crippen LogP) is 2.16. The highest BCUT2D eigenvalue weighted by molar-refractivity contribution is 5.79. The number of rotatable bonds is 5. The lowest BCUT2D eigenvalue weighted by molar-refractivity contribution is 0.243. The van der Waals surface area contributed by atoms with Crippen LogP contribution in [0.3, 0.4) is 0 Å². The molecular formula is C17H23N5O. The van der Waals surface area contributed by atoms with E-state index in [1.807, 2.05) is 0 Å². The van der Waals surface area contributed by atoms with Gasteiger partial charge in [0.15, 0.2) is 11.8 Å². The third-order valence-electron chi connectivity index (χ3n) is 4.49. The topological polar surface area (TPSA) is 75.3 Å². The van der Waals surface area contributed by atoms with Crippen LogP contribution in [0.2, 0.25) is 0 Å². The molecule has 0 aliphatic heterocycles. The van der Waals surface area contributed by atoms with E-state index in [1.165, 1.54) is 24.8 Å². The van der Waals surface area contributed by atoms with Crippen molar-refractivity contribution < 1.29 is 4.52 Å². The largest absolute Gasteiger partial charge is 0.356 e. The molecule has 0 saturated heterocycles. The van der Waals surface area contributed by atoms with Gasteiger partial charge in [-0.1, -0.05) is 41.9 Å². The molecule has 1 saturated carbocycles. The van der Waals surface area contributed by atoms with Crippen LogP contribution in [0.4, 0.5) is 0 Å². The zero-order chi connectivity index (χ0) is 16.1. The Morgan fingerprint density at radius 3 is 2.61 bits per heavy atom. The fourth-order valence-electron chi connectivity index (χ4n) is 3.01. The molecule has 0 bridgehead atoms. The van der Waals surface area contributed by atoms with Gasteiger partial charge in [-0.25, -0.2) is 0 Å². The van der Waals surface area contributed by atoms with E-state index in [1.54, 1.807) is 14.0 Å². The minimum atomic E-state index is 0.222. The lowest BCUT2D eigenvalue weighted by Gasteiger charge is -2.43. The number of hydrogen-bond acceptors (Lipinski definition) is 4. The molecule has 1 heterocycles. The summed E-state index contributed by atoms with van der Waals surface area (Å²) in [7, 11) is 1.77. The van der Waals surface area contributed by atoms with Gasteiger partial charge >= 0.3 is 0 Å². The molecule has 3 rings (SSSR count). The van der Waals surface area contributed by atoms with E-state index >= 15 is 0 Å². The van der Waals surface area contributed by atoms with Crippen LogP contribution in [0.25, 0.3) is 0 Å². The third kappa shape index (κ3) is 3.52. The Morgan fingerprint density at radius 2 is 2.04 bits per heavy atom. The van der Waals surface area contributed by atoms with Crippen molar-refractivity contribution in [2.24, 2.45) is 4.99 Å². The quantitative estimate of drug-likeness (QED) is 0.653. The standard InChI is InChI=1S/C17H23N5O/c1-13-21-15(23-22-13)11-19-16(18-2)20-12-17(9-6-10-17)14-7-4-3-5-8-14/h3-5,7-8H,6,9-12H2,1-2H3,(H2,18,19,20). The second kappa shape index (κ2) is 6.81. The number of aryl methyl sites for hydroxylation is 1. The Kier molecular flexibility index (Phi) is 4.60. The van der Waals surface area contributed by atoms with Gasteiger partial charge < -0.3 is 15.2 Å². The second-order valence-corrected chi connectivity index (χ2v) is 6.01. The molecule has 1 aromatic heterocycles. The SMILES string of the molecule is CN=C(NCc1nc(C)no1)NCC1(c2ccccc2)CCC1. The molecule has 0 amide bonds. The highest BCUT2D eigenvalue weighted by Gasteiger charge is 2.38. The van der Waals surface area contributed by atoms with Gasteiger partial charge in [0.2, 0.25) is 5.89 Å². The van der Waals surface area contributed by atoms with Gasteiger partial charge in [0, 0.05) is 19.0 Å². The molecule has 6 heteroatoms. The van der Waals surface area contributed by atoms with Crippen molar-refractivity contribution in [2.75, 3.05) is 13.6 Å². The zero-order valence-corrected chi connectivity index (χ0v) is 13.7. The van der Waals surface area contributed by atoms with Crippen LogP contribution in [0.15, 0.2) is 39.8 Å². The summed E-state index contributed by atoms with van der Waals surface area (Å²) in [6.45, 7) is 3.15. The monoisotopic (exact) mass is 313 g/mol. The molecule has 0 spiro atoms. The number of nitrogens with zero attached hydrogens (tertiary/aromatic N) is 3. The van der Waals surface area contributed by atoms with E-state index in [2.05, 4.69) is 56.1 Å². The minimum absolute atomic E-state index is 0.222. The molecule has 23 heavy (non-hydrogen) atoms. The molecule has 0 atom stereocenters. The van der Waals surface area contributed by atoms with Crippen LogP contribution in [0.1, 0.15) is 36.5 Å². The van der Waals surface area contributed by atoms with Gasteiger partial charge in [0.25, 0.3) is 0 Å². The molecule has 1 aromatic carbocycles. The maximum absolute atomic E-state index is 5.10. The molecule has 1 aliphatic carbocycles. The van der Waals surface area contributed by atoms with E-state index in [0.29, 0.717) is 18.3 Å². The van der Waals surface area contributed by atoms with Gasteiger partial charge in [0.1, 0.15) is 0 Å². The van der Waals surface area contributed by atoms with Crippen molar-refractivity contribution in [3.8, 4) is 0 Å². The van der Waals surface area contributed by atoms with E-state index in [9.17, 15) is 0 Å². The van der Waals surface area contributed by atoms with Crippen molar-refractivity contribution in [1.82, 2.24) is 20.8 Å². The number of nitrogens with one attached hydrogen (secondary N) is 2. The highest BCUT2D eigenvalue weighted by atomic mass is 16.5. The summed E-state index contributed by atoms with van der Waals surface area (Å²) in [5, 5.41) is 10.4. The summed E-state index contributed by atoms with van der Waals surface area (Å²) in [6.07, 6.45) is 3.71. The molecule has 122 valence electrons. The first-order valence-electron chi connectivity index (χ1n) is 8.01. The van der Waals surface area contributed by atoms with E-state index in [0.717, 1.165) is 12.5 Å².